The number of esters is 1. The summed E-state index contributed by atoms with van der Waals surface area (Å²) in [5.74, 6) is -0.847. The molecule has 0 aliphatic heterocycles. The predicted octanol–water partition coefficient (Wildman–Crippen LogP) is 3.46. The van der Waals surface area contributed by atoms with E-state index in [9.17, 15) is 9.18 Å². The summed E-state index contributed by atoms with van der Waals surface area (Å²) in [7, 11) is 0. The second kappa shape index (κ2) is 13.1. The van der Waals surface area contributed by atoms with Crippen LogP contribution in [-0.2, 0) is 14.3 Å². The summed E-state index contributed by atoms with van der Waals surface area (Å²) in [6.45, 7) is 3.48. The first-order valence-electron chi connectivity index (χ1n) is 6.69. The highest BCUT2D eigenvalue weighted by atomic mass is 19.1. The summed E-state index contributed by atoms with van der Waals surface area (Å²) in [6.07, 6.45) is 6.59. The third-order valence-electron chi connectivity index (χ3n) is 2.19. The van der Waals surface area contributed by atoms with E-state index in [0.717, 1.165) is 19.3 Å². The van der Waals surface area contributed by atoms with Gasteiger partial charge < -0.3 is 14.5 Å². The number of halogens is 1. The molecule has 0 radical (unpaired) electrons. The summed E-state index contributed by atoms with van der Waals surface area (Å²) in [5, 5.41) is 0. The number of carbonyl (C=O) groups excluding carboxylic acids is 1. The Morgan fingerprint density at radius 3 is 2.37 bits per heavy atom. The molecule has 1 atom stereocenters. The van der Waals surface area contributed by atoms with Crippen LogP contribution in [0.5, 0.6) is 0 Å². The second-order valence-electron chi connectivity index (χ2n) is 3.95. The van der Waals surface area contributed by atoms with Gasteiger partial charge in [0.05, 0.1) is 6.61 Å². The molecule has 1 N–H and O–H groups in total. The summed E-state index contributed by atoms with van der Waals surface area (Å²) in [6, 6.07) is 3.89. The zero-order chi connectivity index (χ0) is 14.3. The van der Waals surface area contributed by atoms with Gasteiger partial charge in [-0.05, 0) is 18.6 Å². The number of unbranched alkanes of at least 4 members (excludes halogenated alkanes) is 1. The number of hydrogen-bond acceptors (Lipinski definition) is 3. The fraction of sp³-hybridized carbons (Fsp3) is 0.643. The van der Waals surface area contributed by atoms with Gasteiger partial charge >= 0.3 is 5.97 Å². The van der Waals surface area contributed by atoms with Crippen molar-refractivity contribution < 1.29 is 18.7 Å². The van der Waals surface area contributed by atoms with E-state index in [-0.39, 0.29) is 0 Å². The molecule has 110 valence electrons. The molecule has 19 heavy (non-hydrogen) atoms. The van der Waals surface area contributed by atoms with Gasteiger partial charge in [0.15, 0.2) is 6.67 Å². The lowest BCUT2D eigenvalue weighted by Gasteiger charge is -2.16. The van der Waals surface area contributed by atoms with Crippen molar-refractivity contribution >= 4 is 5.97 Å². The van der Waals surface area contributed by atoms with Gasteiger partial charge in [-0.25, -0.2) is 9.18 Å². The van der Waals surface area contributed by atoms with Crippen molar-refractivity contribution in [3.05, 3.63) is 24.5 Å². The van der Waals surface area contributed by atoms with Crippen LogP contribution < -0.4 is 0 Å². The van der Waals surface area contributed by atoms with Gasteiger partial charge in [-0.1, -0.05) is 26.7 Å². The fourth-order valence-electron chi connectivity index (χ4n) is 1.23. The lowest BCUT2D eigenvalue weighted by atomic mass is 10.3. The third kappa shape index (κ3) is 11.5. The Morgan fingerprint density at radius 1 is 1.26 bits per heavy atom. The van der Waals surface area contributed by atoms with Crippen LogP contribution in [0.2, 0.25) is 0 Å². The zero-order valence-corrected chi connectivity index (χ0v) is 11.7. The maximum Gasteiger partial charge on any atom is 0.339 e. The molecule has 0 aliphatic carbocycles. The first-order valence-corrected chi connectivity index (χ1v) is 6.69. The SMILES string of the molecule is CCCCOC(CCC)OC(=O)CF.c1cc[nH]c1. The molecular formula is C14H24FNO3. The maximum atomic E-state index is 11.8. The normalized spacial score (nSPS) is 11.3. The standard InChI is InChI=1S/C10H19FO3.C4H5N/c1-3-5-7-13-10(6-4-2)14-9(12)8-11;1-2-4-5-3-1/h10H,3-8H2,1-2H3;1-5H. The molecule has 0 saturated heterocycles. The Bertz CT molecular complexity index is 274. The maximum absolute atomic E-state index is 11.8. The highest BCUT2D eigenvalue weighted by Gasteiger charge is 2.13. The number of H-pyrrole nitrogens is 1. The first-order chi connectivity index (χ1) is 9.24. The zero-order valence-electron chi connectivity index (χ0n) is 11.7. The minimum absolute atomic E-state index is 0.556. The average Bonchev–Trinajstić information content (AvgIpc) is 2.98. The van der Waals surface area contributed by atoms with E-state index in [2.05, 4.69) is 4.98 Å². The van der Waals surface area contributed by atoms with E-state index in [4.69, 9.17) is 9.47 Å². The van der Waals surface area contributed by atoms with Crippen LogP contribution in [0, 0.1) is 0 Å². The predicted molar refractivity (Wildman–Crippen MR) is 72.4 cm³/mol. The van der Waals surface area contributed by atoms with Crippen LogP contribution in [0.25, 0.3) is 0 Å². The molecule has 0 saturated carbocycles. The van der Waals surface area contributed by atoms with Crippen molar-refractivity contribution in [2.45, 2.75) is 45.8 Å². The van der Waals surface area contributed by atoms with E-state index in [0.29, 0.717) is 13.0 Å². The number of alkyl halides is 1. The van der Waals surface area contributed by atoms with Crippen molar-refractivity contribution in [3.8, 4) is 0 Å². The van der Waals surface area contributed by atoms with Gasteiger partial charge in [-0.3, -0.25) is 0 Å². The Morgan fingerprint density at radius 2 is 1.95 bits per heavy atom. The molecule has 0 aliphatic rings. The molecule has 4 nitrogen and oxygen atoms in total. The highest BCUT2D eigenvalue weighted by Crippen LogP contribution is 2.06. The van der Waals surface area contributed by atoms with Crippen molar-refractivity contribution in [1.29, 1.82) is 0 Å². The van der Waals surface area contributed by atoms with Crippen LogP contribution in [0.1, 0.15) is 39.5 Å². The van der Waals surface area contributed by atoms with Gasteiger partial charge in [0.2, 0.25) is 6.29 Å². The van der Waals surface area contributed by atoms with E-state index < -0.39 is 18.9 Å². The van der Waals surface area contributed by atoms with Crippen molar-refractivity contribution in [3.63, 3.8) is 0 Å². The molecular weight excluding hydrogens is 249 g/mol. The molecule has 0 bridgehead atoms. The average molecular weight is 273 g/mol. The van der Waals surface area contributed by atoms with Gasteiger partial charge in [0.25, 0.3) is 0 Å². The van der Waals surface area contributed by atoms with Crippen molar-refractivity contribution in [1.82, 2.24) is 4.98 Å². The first kappa shape index (κ1) is 17.6. The number of carbonyl (C=O) groups is 1. The van der Waals surface area contributed by atoms with Crippen LogP contribution in [0.3, 0.4) is 0 Å². The van der Waals surface area contributed by atoms with Crippen molar-refractivity contribution in [2.75, 3.05) is 13.3 Å². The van der Waals surface area contributed by atoms with Crippen LogP contribution in [-0.4, -0.2) is 30.5 Å². The minimum Gasteiger partial charge on any atom is -0.434 e. The van der Waals surface area contributed by atoms with Gasteiger partial charge in [0, 0.05) is 18.8 Å². The second-order valence-corrected chi connectivity index (χ2v) is 3.95. The molecule has 1 aromatic rings. The Hall–Kier alpha value is -1.36. The number of ether oxygens (including phenoxy) is 2. The number of rotatable bonds is 8. The molecule has 1 aromatic heterocycles. The third-order valence-corrected chi connectivity index (χ3v) is 2.19. The largest absolute Gasteiger partial charge is 0.434 e. The van der Waals surface area contributed by atoms with Gasteiger partial charge in [-0.15, -0.1) is 0 Å². The fourth-order valence-corrected chi connectivity index (χ4v) is 1.23. The molecule has 1 rings (SSSR count). The molecule has 1 heterocycles. The lowest BCUT2D eigenvalue weighted by Crippen LogP contribution is -2.22. The Labute approximate surface area is 114 Å². The van der Waals surface area contributed by atoms with E-state index in [1.54, 1.807) is 0 Å². The quantitative estimate of drug-likeness (QED) is 0.448. The minimum atomic E-state index is -1.09. The van der Waals surface area contributed by atoms with Gasteiger partial charge in [-0.2, -0.15) is 0 Å². The monoisotopic (exact) mass is 273 g/mol. The molecule has 0 spiro atoms. The summed E-state index contributed by atoms with van der Waals surface area (Å²) < 4.78 is 21.9. The summed E-state index contributed by atoms with van der Waals surface area (Å²) >= 11 is 0. The Balaban J connectivity index is 0.000000532. The Kier molecular flexibility index (Phi) is 12.1. The van der Waals surface area contributed by atoms with E-state index in [1.807, 2.05) is 38.4 Å². The summed E-state index contributed by atoms with van der Waals surface area (Å²) in [5.41, 5.74) is 0. The van der Waals surface area contributed by atoms with Crippen LogP contribution in [0.15, 0.2) is 24.5 Å². The highest BCUT2D eigenvalue weighted by molar-refractivity contribution is 5.70. The molecule has 1 unspecified atom stereocenters. The topological polar surface area (TPSA) is 51.3 Å². The summed E-state index contributed by atoms with van der Waals surface area (Å²) in [4.78, 5) is 13.5. The van der Waals surface area contributed by atoms with Crippen LogP contribution >= 0.6 is 0 Å². The molecule has 0 aromatic carbocycles. The van der Waals surface area contributed by atoms with Gasteiger partial charge in [0.1, 0.15) is 0 Å². The van der Waals surface area contributed by atoms with Crippen LogP contribution in [0.4, 0.5) is 4.39 Å². The molecule has 0 fully saturated rings. The molecule has 0 amide bonds. The number of hydrogen-bond donors (Lipinski definition) is 1. The van der Waals surface area contributed by atoms with E-state index >= 15 is 0 Å². The number of aromatic amines is 1. The number of aromatic nitrogens is 1. The smallest absolute Gasteiger partial charge is 0.339 e. The molecule has 5 heteroatoms. The van der Waals surface area contributed by atoms with Crippen molar-refractivity contribution in [2.24, 2.45) is 0 Å². The van der Waals surface area contributed by atoms with E-state index in [1.165, 1.54) is 0 Å². The number of nitrogens with one attached hydrogen (secondary N) is 1. The lowest BCUT2D eigenvalue weighted by molar-refractivity contribution is -0.181.